The number of rotatable bonds is 8. The van der Waals surface area contributed by atoms with Crippen molar-refractivity contribution in [1.29, 1.82) is 0 Å². The summed E-state index contributed by atoms with van der Waals surface area (Å²) in [6.45, 7) is 0. The minimum atomic E-state index is 0.585. The van der Waals surface area contributed by atoms with Crippen molar-refractivity contribution in [2.45, 2.75) is 0 Å². The van der Waals surface area contributed by atoms with E-state index < -0.39 is 0 Å². The van der Waals surface area contributed by atoms with Gasteiger partial charge in [0.15, 0.2) is 34.9 Å². The largest absolute Gasteiger partial charge is 0.456 e. The van der Waals surface area contributed by atoms with Crippen molar-refractivity contribution in [2.75, 3.05) is 0 Å². The summed E-state index contributed by atoms with van der Waals surface area (Å²) in [6, 6.07) is 94.9. The van der Waals surface area contributed by atoms with Gasteiger partial charge in [-0.3, -0.25) is 0 Å². The molecule has 0 aliphatic rings. The molecule has 6 aromatic heterocycles. The normalized spacial score (nSPS) is 11.6. The van der Waals surface area contributed by atoms with Gasteiger partial charge in [0.2, 0.25) is 0 Å². The highest BCUT2D eigenvalue weighted by molar-refractivity contribution is 7.26. The van der Waals surface area contributed by atoms with Crippen molar-refractivity contribution in [3.05, 3.63) is 279 Å². The summed E-state index contributed by atoms with van der Waals surface area (Å²) in [5.74, 6) is 3.69. The molecule has 0 spiro atoms. The Labute approximate surface area is 507 Å². The molecule has 10 heteroatoms. The maximum Gasteiger partial charge on any atom is 0.164 e. The van der Waals surface area contributed by atoms with Crippen LogP contribution in [-0.4, -0.2) is 29.9 Å². The Balaban J connectivity index is 0.000000137. The van der Waals surface area contributed by atoms with E-state index in [1.807, 2.05) is 133 Å². The van der Waals surface area contributed by atoms with Crippen LogP contribution in [0.15, 0.2) is 292 Å². The molecule has 0 saturated carbocycles. The van der Waals surface area contributed by atoms with Crippen LogP contribution >= 0.6 is 11.3 Å². The number of furan rings is 3. The van der Waals surface area contributed by atoms with E-state index in [0.717, 1.165) is 110 Å². The van der Waals surface area contributed by atoms with Crippen molar-refractivity contribution < 1.29 is 13.3 Å². The van der Waals surface area contributed by atoms with E-state index in [1.165, 1.54) is 31.3 Å². The molecule has 0 bridgehead atoms. The Morgan fingerprint density at radius 2 is 0.500 bits per heavy atom. The van der Waals surface area contributed by atoms with Crippen LogP contribution in [-0.2, 0) is 0 Å². The predicted octanol–water partition coefficient (Wildman–Crippen LogP) is 21.1. The molecule has 0 unspecified atom stereocenters. The number of nitrogens with zero attached hydrogens (tertiary/aromatic N) is 6. The zero-order valence-electron chi connectivity index (χ0n) is 46.9. The highest BCUT2D eigenvalue weighted by Crippen LogP contribution is 2.44. The first-order valence-electron chi connectivity index (χ1n) is 29.1. The van der Waals surface area contributed by atoms with E-state index in [1.54, 1.807) is 0 Å². The number of aromatic nitrogens is 6. The minimum Gasteiger partial charge on any atom is -0.456 e. The van der Waals surface area contributed by atoms with E-state index in [-0.39, 0.29) is 0 Å². The maximum atomic E-state index is 6.46. The third kappa shape index (κ3) is 9.02. The number of benzene rings is 12. The molecule has 412 valence electrons. The molecule has 0 aliphatic carbocycles. The molecule has 18 aromatic rings. The smallest absolute Gasteiger partial charge is 0.164 e. The van der Waals surface area contributed by atoms with Gasteiger partial charge < -0.3 is 13.3 Å². The molecule has 0 atom stereocenters. The Kier molecular flexibility index (Phi) is 12.2. The lowest BCUT2D eigenvalue weighted by atomic mass is 10.0. The molecule has 0 saturated heterocycles. The molecular weight excluding hydrogens is 1100 g/mol. The van der Waals surface area contributed by atoms with Crippen LogP contribution in [0.5, 0.6) is 0 Å². The Hall–Kier alpha value is -11.7. The van der Waals surface area contributed by atoms with Crippen LogP contribution in [0.25, 0.3) is 177 Å². The lowest BCUT2D eigenvalue weighted by molar-refractivity contribution is 0.663. The van der Waals surface area contributed by atoms with E-state index in [2.05, 4.69) is 158 Å². The van der Waals surface area contributed by atoms with Crippen LogP contribution in [0.4, 0.5) is 0 Å². The average molecular weight is 1150 g/mol. The topological polar surface area (TPSA) is 117 Å². The van der Waals surface area contributed by atoms with Crippen LogP contribution in [0.2, 0.25) is 0 Å². The van der Waals surface area contributed by atoms with Crippen molar-refractivity contribution in [3.63, 3.8) is 0 Å². The SMILES string of the molecule is c1ccc(-c2ccc(-c3nc(-c4ccccc4)nc(-c4ccc5c(c4)oc4ccc6oc7ccccc7c6c45)n3)cc2)cc1.c1ccc(-c2ccc(-c3nc(-c4ccccc4)nc(-c4ccc5c(c4)oc4ccc6sc7ccccc7c6c45)n3)cc2)cc1. The molecule has 0 N–H and O–H groups in total. The molecule has 88 heavy (non-hydrogen) atoms. The monoisotopic (exact) mass is 1150 g/mol. The maximum absolute atomic E-state index is 6.46. The van der Waals surface area contributed by atoms with E-state index >= 15 is 0 Å². The minimum absolute atomic E-state index is 0.585. The molecule has 0 fully saturated rings. The molecular formula is C78H46N6O3S. The quantitative estimate of drug-likeness (QED) is 0.147. The van der Waals surface area contributed by atoms with Gasteiger partial charge in [-0.05, 0) is 82.9 Å². The number of thiophene rings is 1. The molecule has 0 radical (unpaired) electrons. The predicted molar refractivity (Wildman–Crippen MR) is 358 cm³/mol. The highest BCUT2D eigenvalue weighted by Gasteiger charge is 2.21. The van der Waals surface area contributed by atoms with E-state index in [4.69, 9.17) is 43.2 Å². The number of hydrogen-bond donors (Lipinski definition) is 0. The molecule has 0 amide bonds. The summed E-state index contributed by atoms with van der Waals surface area (Å²) in [4.78, 5) is 29.6. The van der Waals surface area contributed by atoms with Crippen molar-refractivity contribution in [3.8, 4) is 90.6 Å². The summed E-state index contributed by atoms with van der Waals surface area (Å²) in [5, 5.41) is 8.97. The molecule has 9 nitrogen and oxygen atoms in total. The van der Waals surface area contributed by atoms with E-state index in [0.29, 0.717) is 34.9 Å². The molecule has 12 aromatic carbocycles. The van der Waals surface area contributed by atoms with Gasteiger partial charge in [-0.1, -0.05) is 218 Å². The summed E-state index contributed by atoms with van der Waals surface area (Å²) < 4.78 is 21.6. The Morgan fingerprint density at radius 3 is 0.966 bits per heavy atom. The van der Waals surface area contributed by atoms with Crippen LogP contribution < -0.4 is 0 Å². The number of fused-ring (bicyclic) bond motifs is 14. The summed E-state index contributed by atoms with van der Waals surface area (Å²) in [7, 11) is 0. The fraction of sp³-hybridized carbons (Fsp3) is 0. The summed E-state index contributed by atoms with van der Waals surface area (Å²) >= 11 is 1.82. The second-order valence-electron chi connectivity index (χ2n) is 21.7. The van der Waals surface area contributed by atoms with Gasteiger partial charge in [0, 0.05) is 85.9 Å². The van der Waals surface area contributed by atoms with Gasteiger partial charge in [0.1, 0.15) is 33.5 Å². The third-order valence-electron chi connectivity index (χ3n) is 16.3. The Morgan fingerprint density at radius 1 is 0.193 bits per heavy atom. The molecule has 18 rings (SSSR count). The molecule has 0 aliphatic heterocycles. The van der Waals surface area contributed by atoms with Crippen LogP contribution in [0.1, 0.15) is 0 Å². The van der Waals surface area contributed by atoms with Gasteiger partial charge in [0.05, 0.1) is 0 Å². The number of para-hydroxylation sites is 1. The second-order valence-corrected chi connectivity index (χ2v) is 22.8. The fourth-order valence-corrected chi connectivity index (χ4v) is 13.1. The standard InChI is InChI=1S/C39H23N3O2.C39H23N3OS/c1-3-9-24(10-4-1)25-15-17-27(18-16-25)38-40-37(26-11-5-2-6-12-26)41-39(42-38)28-19-20-30-34(23-28)44-33-22-21-32-35(36(30)33)29-13-7-8-14-31(29)43-32;1-3-9-24(10-4-1)25-15-17-27(18-16-25)38-40-37(26-11-5-2-6-12-26)41-39(42-38)28-19-20-29-32(23-28)43-31-21-22-34-36(35(29)31)30-13-7-8-14-33(30)44-34/h2*1-23H. The van der Waals surface area contributed by atoms with Gasteiger partial charge in [0.25, 0.3) is 0 Å². The Bertz CT molecular complexity index is 5310. The van der Waals surface area contributed by atoms with Crippen molar-refractivity contribution in [1.82, 2.24) is 29.9 Å². The summed E-state index contributed by atoms with van der Waals surface area (Å²) in [6.07, 6.45) is 0. The van der Waals surface area contributed by atoms with Crippen molar-refractivity contribution >= 4 is 97.3 Å². The van der Waals surface area contributed by atoms with Crippen molar-refractivity contribution in [2.24, 2.45) is 0 Å². The van der Waals surface area contributed by atoms with Gasteiger partial charge in [-0.2, -0.15) is 0 Å². The average Bonchev–Trinajstić information content (AvgIpc) is 1.85. The van der Waals surface area contributed by atoms with Gasteiger partial charge >= 0.3 is 0 Å². The fourth-order valence-electron chi connectivity index (χ4n) is 12.0. The third-order valence-corrected chi connectivity index (χ3v) is 17.4. The van der Waals surface area contributed by atoms with Gasteiger partial charge in [-0.15, -0.1) is 11.3 Å². The summed E-state index contributed by atoms with van der Waals surface area (Å²) in [5.41, 5.74) is 15.1. The first-order chi connectivity index (χ1) is 43.6. The van der Waals surface area contributed by atoms with Crippen LogP contribution in [0, 0.1) is 0 Å². The highest BCUT2D eigenvalue weighted by atomic mass is 32.1. The first kappa shape index (κ1) is 50.8. The van der Waals surface area contributed by atoms with E-state index in [9.17, 15) is 0 Å². The lowest BCUT2D eigenvalue weighted by Crippen LogP contribution is -2.00. The number of hydrogen-bond acceptors (Lipinski definition) is 10. The first-order valence-corrected chi connectivity index (χ1v) is 29.9. The molecule has 6 heterocycles. The van der Waals surface area contributed by atoms with Gasteiger partial charge in [-0.25, -0.2) is 29.9 Å². The second kappa shape index (κ2) is 21.1. The lowest BCUT2D eigenvalue weighted by Gasteiger charge is -2.09. The zero-order valence-corrected chi connectivity index (χ0v) is 47.7. The zero-order chi connectivity index (χ0) is 58.1. The van der Waals surface area contributed by atoms with Crippen LogP contribution in [0.3, 0.4) is 0 Å².